The Labute approximate surface area is 124 Å². The molecule has 4 heteroatoms. The summed E-state index contributed by atoms with van der Waals surface area (Å²) in [6, 6.07) is 6.40. The summed E-state index contributed by atoms with van der Waals surface area (Å²) in [5.74, 6) is -0.204. The molecule has 0 saturated heterocycles. The highest BCUT2D eigenvalue weighted by Gasteiger charge is 2.27. The summed E-state index contributed by atoms with van der Waals surface area (Å²) in [6.45, 7) is 5.04. The van der Waals surface area contributed by atoms with Crippen LogP contribution in [-0.2, 0) is 27.1 Å². The molecule has 1 aromatic heterocycles. The van der Waals surface area contributed by atoms with Crippen molar-refractivity contribution in [2.24, 2.45) is 0 Å². The minimum absolute atomic E-state index is 0.204. The predicted octanol–water partition coefficient (Wildman–Crippen LogP) is 3.30. The van der Waals surface area contributed by atoms with Gasteiger partial charge in [0.1, 0.15) is 6.10 Å². The van der Waals surface area contributed by atoms with Crippen molar-refractivity contribution in [3.05, 3.63) is 35.0 Å². The highest BCUT2D eigenvalue weighted by atomic mass is 16.5. The third-order valence-corrected chi connectivity index (χ3v) is 4.09. The van der Waals surface area contributed by atoms with E-state index in [4.69, 9.17) is 9.47 Å². The maximum Gasteiger partial charge on any atom is 0.308 e. The standard InChI is InChI=1S/C17H21NO3/c1-3-11-6-5-7-12-13-8-9-21-14(10-15(19)20-4-2)17(13)18-16(11)12/h5-7,14,18H,3-4,8-10H2,1-2H3. The van der Waals surface area contributed by atoms with Gasteiger partial charge in [0.25, 0.3) is 0 Å². The number of H-pyrrole nitrogens is 1. The molecule has 2 heterocycles. The number of fused-ring (bicyclic) bond motifs is 3. The Morgan fingerprint density at radius 2 is 2.29 bits per heavy atom. The number of nitrogens with one attached hydrogen (secondary N) is 1. The van der Waals surface area contributed by atoms with E-state index in [2.05, 4.69) is 30.1 Å². The average molecular weight is 287 g/mol. The van der Waals surface area contributed by atoms with Crippen LogP contribution >= 0.6 is 0 Å². The third-order valence-electron chi connectivity index (χ3n) is 4.09. The first-order chi connectivity index (χ1) is 10.2. The molecule has 0 saturated carbocycles. The molecule has 1 aliphatic heterocycles. The molecule has 4 nitrogen and oxygen atoms in total. The third kappa shape index (κ3) is 2.56. The largest absolute Gasteiger partial charge is 0.466 e. The number of carbonyl (C=O) groups excluding carboxylic acids is 1. The number of para-hydroxylation sites is 1. The molecule has 3 rings (SSSR count). The number of carbonyl (C=O) groups is 1. The fraction of sp³-hybridized carbons (Fsp3) is 0.471. The van der Waals surface area contributed by atoms with E-state index in [1.165, 1.54) is 22.0 Å². The van der Waals surface area contributed by atoms with Crippen molar-refractivity contribution >= 4 is 16.9 Å². The molecule has 21 heavy (non-hydrogen) atoms. The van der Waals surface area contributed by atoms with Crippen molar-refractivity contribution in [2.75, 3.05) is 13.2 Å². The fourth-order valence-electron chi connectivity index (χ4n) is 3.11. The second-order valence-corrected chi connectivity index (χ2v) is 5.33. The fourth-order valence-corrected chi connectivity index (χ4v) is 3.11. The summed E-state index contributed by atoms with van der Waals surface area (Å²) in [5, 5.41) is 1.27. The lowest BCUT2D eigenvalue weighted by Gasteiger charge is -2.22. The van der Waals surface area contributed by atoms with Gasteiger partial charge in [0.2, 0.25) is 0 Å². The second kappa shape index (κ2) is 5.90. The van der Waals surface area contributed by atoms with Gasteiger partial charge in [0, 0.05) is 16.6 Å². The maximum absolute atomic E-state index is 11.7. The molecule has 0 bridgehead atoms. The average Bonchev–Trinajstić information content (AvgIpc) is 2.87. The number of aromatic nitrogens is 1. The van der Waals surface area contributed by atoms with Gasteiger partial charge in [-0.25, -0.2) is 0 Å². The molecule has 112 valence electrons. The summed E-state index contributed by atoms with van der Waals surface area (Å²) < 4.78 is 10.8. The van der Waals surface area contributed by atoms with Gasteiger partial charge in [0.05, 0.1) is 19.6 Å². The van der Waals surface area contributed by atoms with Crippen LogP contribution in [0.5, 0.6) is 0 Å². The number of hydrogen-bond donors (Lipinski definition) is 1. The Bertz CT molecular complexity index is 659. The van der Waals surface area contributed by atoms with Gasteiger partial charge in [-0.1, -0.05) is 25.1 Å². The quantitative estimate of drug-likeness (QED) is 0.878. The minimum Gasteiger partial charge on any atom is -0.466 e. The molecular weight excluding hydrogens is 266 g/mol. The molecular formula is C17H21NO3. The molecule has 0 amide bonds. The first kappa shape index (κ1) is 14.1. The minimum atomic E-state index is -0.218. The van der Waals surface area contributed by atoms with Crippen LogP contribution in [-0.4, -0.2) is 24.2 Å². The van der Waals surface area contributed by atoms with Crippen molar-refractivity contribution < 1.29 is 14.3 Å². The van der Waals surface area contributed by atoms with Gasteiger partial charge in [0.15, 0.2) is 0 Å². The van der Waals surface area contributed by atoms with E-state index >= 15 is 0 Å². The van der Waals surface area contributed by atoms with E-state index in [0.29, 0.717) is 13.2 Å². The van der Waals surface area contributed by atoms with Gasteiger partial charge in [-0.05, 0) is 30.9 Å². The van der Waals surface area contributed by atoms with Crippen molar-refractivity contribution in [3.63, 3.8) is 0 Å². The highest BCUT2D eigenvalue weighted by molar-refractivity contribution is 5.88. The molecule has 2 aromatic rings. The van der Waals surface area contributed by atoms with Crippen LogP contribution in [0.1, 0.15) is 43.2 Å². The van der Waals surface area contributed by atoms with Crippen LogP contribution in [0.2, 0.25) is 0 Å². The SMILES string of the molecule is CCOC(=O)CC1OCCc2c1[nH]c1c(CC)cccc21. The number of aromatic amines is 1. The molecule has 0 spiro atoms. The van der Waals surface area contributed by atoms with Crippen LogP contribution in [0.15, 0.2) is 18.2 Å². The van der Waals surface area contributed by atoms with E-state index in [1.807, 2.05) is 6.92 Å². The van der Waals surface area contributed by atoms with Gasteiger partial charge in [-0.15, -0.1) is 0 Å². The van der Waals surface area contributed by atoms with E-state index in [1.54, 1.807) is 0 Å². The Morgan fingerprint density at radius 3 is 3.05 bits per heavy atom. The van der Waals surface area contributed by atoms with Crippen LogP contribution in [0.4, 0.5) is 0 Å². The van der Waals surface area contributed by atoms with Crippen LogP contribution in [0.25, 0.3) is 10.9 Å². The Morgan fingerprint density at radius 1 is 1.43 bits per heavy atom. The van der Waals surface area contributed by atoms with Gasteiger partial charge in [-0.2, -0.15) is 0 Å². The van der Waals surface area contributed by atoms with Crippen LogP contribution in [0.3, 0.4) is 0 Å². The highest BCUT2D eigenvalue weighted by Crippen LogP contribution is 2.35. The number of hydrogen-bond acceptors (Lipinski definition) is 3. The summed E-state index contributed by atoms with van der Waals surface area (Å²) in [7, 11) is 0. The predicted molar refractivity (Wildman–Crippen MR) is 81.3 cm³/mol. The van der Waals surface area contributed by atoms with Crippen molar-refractivity contribution in [1.82, 2.24) is 4.98 Å². The molecule has 1 atom stereocenters. The molecule has 0 fully saturated rings. The Balaban J connectivity index is 1.99. The normalized spacial score (nSPS) is 17.7. The number of esters is 1. The monoisotopic (exact) mass is 287 g/mol. The van der Waals surface area contributed by atoms with Gasteiger partial charge < -0.3 is 14.5 Å². The van der Waals surface area contributed by atoms with Crippen molar-refractivity contribution in [2.45, 2.75) is 39.2 Å². The van der Waals surface area contributed by atoms with E-state index in [-0.39, 0.29) is 18.5 Å². The van der Waals surface area contributed by atoms with Gasteiger partial charge in [-0.3, -0.25) is 4.79 Å². The molecule has 0 aliphatic carbocycles. The lowest BCUT2D eigenvalue weighted by Crippen LogP contribution is -2.19. The van der Waals surface area contributed by atoms with Crippen LogP contribution < -0.4 is 0 Å². The van der Waals surface area contributed by atoms with Crippen molar-refractivity contribution in [1.29, 1.82) is 0 Å². The first-order valence-corrected chi connectivity index (χ1v) is 7.64. The maximum atomic E-state index is 11.7. The number of aryl methyl sites for hydroxylation is 1. The Hall–Kier alpha value is -1.81. The zero-order chi connectivity index (χ0) is 14.8. The summed E-state index contributed by atoms with van der Waals surface area (Å²) >= 11 is 0. The number of ether oxygens (including phenoxy) is 2. The van der Waals surface area contributed by atoms with E-state index in [9.17, 15) is 4.79 Å². The zero-order valence-corrected chi connectivity index (χ0v) is 12.6. The molecule has 0 radical (unpaired) electrons. The number of rotatable bonds is 4. The van der Waals surface area contributed by atoms with E-state index in [0.717, 1.165) is 18.5 Å². The molecule has 1 aliphatic rings. The smallest absolute Gasteiger partial charge is 0.308 e. The second-order valence-electron chi connectivity index (χ2n) is 5.33. The number of benzene rings is 1. The topological polar surface area (TPSA) is 51.3 Å². The van der Waals surface area contributed by atoms with Crippen molar-refractivity contribution in [3.8, 4) is 0 Å². The Kier molecular flexibility index (Phi) is 3.97. The molecule has 1 N–H and O–H groups in total. The lowest BCUT2D eigenvalue weighted by atomic mass is 9.99. The molecule has 1 aromatic carbocycles. The lowest BCUT2D eigenvalue weighted by molar-refractivity contribution is -0.146. The van der Waals surface area contributed by atoms with Crippen LogP contribution in [0, 0.1) is 0 Å². The first-order valence-electron chi connectivity index (χ1n) is 7.64. The summed E-state index contributed by atoms with van der Waals surface area (Å²) in [5.41, 5.74) is 4.83. The van der Waals surface area contributed by atoms with Gasteiger partial charge >= 0.3 is 5.97 Å². The molecule has 1 unspecified atom stereocenters. The zero-order valence-electron chi connectivity index (χ0n) is 12.6. The summed E-state index contributed by atoms with van der Waals surface area (Å²) in [6.07, 6.45) is 1.93. The van der Waals surface area contributed by atoms with E-state index < -0.39 is 0 Å². The summed E-state index contributed by atoms with van der Waals surface area (Å²) in [4.78, 5) is 15.2.